The van der Waals surface area contributed by atoms with Gasteiger partial charge in [0.25, 0.3) is 0 Å². The monoisotopic (exact) mass is 757 g/mol. The summed E-state index contributed by atoms with van der Waals surface area (Å²) < 4.78 is 56.2. The quantitative estimate of drug-likeness (QED) is 0.0672. The van der Waals surface area contributed by atoms with Crippen LogP contribution in [0.4, 0.5) is 0 Å². The van der Waals surface area contributed by atoms with Crippen LogP contribution in [0.2, 0.25) is 0 Å². The van der Waals surface area contributed by atoms with E-state index >= 15 is 0 Å². The van der Waals surface area contributed by atoms with Crippen molar-refractivity contribution in [1.29, 1.82) is 0 Å². The van der Waals surface area contributed by atoms with Gasteiger partial charge < -0.3 is 52.1 Å². The summed E-state index contributed by atoms with van der Waals surface area (Å²) in [6.07, 6.45) is -0.374. The number of hydrogen-bond donors (Lipinski definition) is 0. The Balaban J connectivity index is -0.000000706. The lowest BCUT2D eigenvalue weighted by molar-refractivity contribution is -0.159. The van der Waals surface area contributed by atoms with Gasteiger partial charge in [0, 0.05) is 20.8 Å². The van der Waals surface area contributed by atoms with E-state index in [-0.39, 0.29) is 72.3 Å². The highest BCUT2D eigenvalue weighted by Crippen LogP contribution is 2.23. The van der Waals surface area contributed by atoms with Crippen LogP contribution in [-0.2, 0) is 66.5 Å². The van der Waals surface area contributed by atoms with E-state index in [1.165, 1.54) is 0 Å². The molecule has 14 heteroatoms. The topological polar surface area (TPSA) is 153 Å². The zero-order valence-corrected chi connectivity index (χ0v) is 35.3. The Morgan fingerprint density at radius 2 is 0.635 bits per heavy atom. The van der Waals surface area contributed by atoms with Crippen LogP contribution in [0, 0.1) is 16.2 Å². The molecule has 0 saturated carbocycles. The highest BCUT2D eigenvalue weighted by molar-refractivity contribution is 5.71. The van der Waals surface area contributed by atoms with E-state index in [1.54, 1.807) is 14.2 Å². The third-order valence-electron chi connectivity index (χ3n) is 7.43. The minimum absolute atomic E-state index is 0.00645. The van der Waals surface area contributed by atoms with Gasteiger partial charge in [-0.15, -0.1) is 0 Å². The molecule has 3 atom stereocenters. The minimum Gasteiger partial charge on any atom is -0.460 e. The summed E-state index contributed by atoms with van der Waals surface area (Å²) in [5, 5.41) is 0. The second-order valence-corrected chi connectivity index (χ2v) is 15.1. The molecular formula is C38H76O14. The Morgan fingerprint density at radius 1 is 0.404 bits per heavy atom. The molecule has 0 aromatic heterocycles. The Hall–Kier alpha value is -1.91. The van der Waals surface area contributed by atoms with Crippen molar-refractivity contribution >= 4 is 17.9 Å². The van der Waals surface area contributed by atoms with Gasteiger partial charge in [0.05, 0.1) is 66.1 Å². The van der Waals surface area contributed by atoms with Gasteiger partial charge in [-0.05, 0) is 43.9 Å². The van der Waals surface area contributed by atoms with Crippen LogP contribution in [0.15, 0.2) is 0 Å². The molecule has 0 bridgehead atoms. The molecule has 0 aromatic rings. The maximum Gasteiger partial charge on any atom is 0.332 e. The number of esters is 3. The standard InChI is InChI=1S/C15H30O6.C12H24O4.C11H22O4/c1-13(15(2,3)4)21-14(16)12-20-11-10-19-9-8-18-7-6-17-5;1-6-14-7-8-15-9-11(13)16-10(2)12(3,4)5;1-9(11(2,3)4)15-10(12)8-14-7-6-13-5/h13H,6-12H2,1-5H3;10H,6-9H2,1-5H3;9H,6-8H2,1-5H3/t13-;10-;9-/m111/s1. The molecular weight excluding hydrogens is 680 g/mol. The lowest BCUT2D eigenvalue weighted by Gasteiger charge is -2.26. The summed E-state index contributed by atoms with van der Waals surface area (Å²) in [4.78, 5) is 34.1. The van der Waals surface area contributed by atoms with Crippen LogP contribution in [0.3, 0.4) is 0 Å². The molecule has 0 unspecified atom stereocenters. The van der Waals surface area contributed by atoms with E-state index in [9.17, 15) is 14.4 Å². The van der Waals surface area contributed by atoms with Crippen LogP contribution < -0.4 is 0 Å². The van der Waals surface area contributed by atoms with Gasteiger partial charge in [-0.2, -0.15) is 0 Å². The summed E-state index contributed by atoms with van der Waals surface area (Å²) in [6, 6.07) is 0. The Bertz CT molecular complexity index is 861. The Morgan fingerprint density at radius 3 is 0.885 bits per heavy atom. The first-order valence-electron chi connectivity index (χ1n) is 18.2. The summed E-state index contributed by atoms with van der Waals surface area (Å²) in [6.45, 7) is 31.2. The summed E-state index contributed by atoms with van der Waals surface area (Å²) in [5.41, 5.74) is -0.148. The molecule has 0 aliphatic heterocycles. The molecule has 0 aliphatic rings. The third-order valence-corrected chi connectivity index (χ3v) is 7.43. The normalized spacial score (nSPS) is 13.4. The summed E-state index contributed by atoms with van der Waals surface area (Å²) >= 11 is 0. The van der Waals surface area contributed by atoms with Crippen molar-refractivity contribution in [3.05, 3.63) is 0 Å². The fourth-order valence-corrected chi connectivity index (χ4v) is 2.68. The van der Waals surface area contributed by atoms with E-state index in [4.69, 9.17) is 52.1 Å². The van der Waals surface area contributed by atoms with Gasteiger partial charge in [-0.1, -0.05) is 62.3 Å². The molecule has 0 fully saturated rings. The van der Waals surface area contributed by atoms with Gasteiger partial charge in [0.1, 0.15) is 38.1 Å². The zero-order valence-electron chi connectivity index (χ0n) is 35.3. The van der Waals surface area contributed by atoms with Gasteiger partial charge in [-0.25, -0.2) is 14.4 Å². The number of rotatable bonds is 25. The van der Waals surface area contributed by atoms with Gasteiger partial charge in [0.15, 0.2) is 0 Å². The molecule has 0 amide bonds. The van der Waals surface area contributed by atoms with E-state index in [0.29, 0.717) is 72.7 Å². The number of methoxy groups -OCH3 is 2. The number of carbonyl (C=O) groups is 3. The molecule has 0 spiro atoms. The van der Waals surface area contributed by atoms with Crippen molar-refractivity contribution in [2.45, 2.75) is 108 Å². The van der Waals surface area contributed by atoms with E-state index < -0.39 is 0 Å². The highest BCUT2D eigenvalue weighted by Gasteiger charge is 2.25. The average Bonchev–Trinajstić information content (AvgIpc) is 3.03. The lowest BCUT2D eigenvalue weighted by atomic mass is 9.90. The van der Waals surface area contributed by atoms with Crippen molar-refractivity contribution in [1.82, 2.24) is 0 Å². The molecule has 312 valence electrons. The molecule has 0 saturated heterocycles. The molecule has 0 heterocycles. The highest BCUT2D eigenvalue weighted by atomic mass is 16.6. The first-order chi connectivity index (χ1) is 24.1. The van der Waals surface area contributed by atoms with Crippen molar-refractivity contribution in [3.63, 3.8) is 0 Å². The maximum atomic E-state index is 11.5. The predicted molar refractivity (Wildman–Crippen MR) is 199 cm³/mol. The Kier molecular flexibility index (Phi) is 34.0. The van der Waals surface area contributed by atoms with Crippen molar-refractivity contribution < 1.29 is 66.5 Å². The van der Waals surface area contributed by atoms with Gasteiger partial charge in [-0.3, -0.25) is 0 Å². The molecule has 0 N–H and O–H groups in total. The smallest absolute Gasteiger partial charge is 0.332 e. The molecule has 14 nitrogen and oxygen atoms in total. The Labute approximate surface area is 315 Å². The predicted octanol–water partition coefficient (Wildman–Crippen LogP) is 5.30. The van der Waals surface area contributed by atoms with Crippen LogP contribution in [0.25, 0.3) is 0 Å². The van der Waals surface area contributed by atoms with Crippen LogP contribution in [0.1, 0.15) is 90.0 Å². The van der Waals surface area contributed by atoms with E-state index in [2.05, 4.69) is 0 Å². The number of hydrogen-bond acceptors (Lipinski definition) is 14. The molecule has 0 aromatic carbocycles. The second kappa shape index (κ2) is 32.5. The largest absolute Gasteiger partial charge is 0.460 e. The van der Waals surface area contributed by atoms with Gasteiger partial charge >= 0.3 is 17.9 Å². The molecule has 0 rings (SSSR count). The summed E-state index contributed by atoms with van der Waals surface area (Å²) in [5.74, 6) is -0.993. The third kappa shape index (κ3) is 37.8. The zero-order chi connectivity index (χ0) is 40.6. The number of ether oxygens (including phenoxy) is 11. The van der Waals surface area contributed by atoms with Crippen molar-refractivity contribution in [2.24, 2.45) is 16.2 Å². The van der Waals surface area contributed by atoms with Crippen molar-refractivity contribution in [2.75, 3.05) is 107 Å². The fraction of sp³-hybridized carbons (Fsp3) is 0.921. The average molecular weight is 757 g/mol. The minimum atomic E-state index is -0.347. The molecule has 0 radical (unpaired) electrons. The lowest BCUT2D eigenvalue weighted by Crippen LogP contribution is -2.30. The van der Waals surface area contributed by atoms with Crippen LogP contribution in [-0.4, -0.2) is 143 Å². The maximum absolute atomic E-state index is 11.5. The van der Waals surface area contributed by atoms with Gasteiger partial charge in [0.2, 0.25) is 0 Å². The molecule has 52 heavy (non-hydrogen) atoms. The SMILES string of the molecule is CCOCCOCC(=O)O[C@H](C)C(C)(C)C.COCCOCC(=O)O[C@H](C)C(C)(C)C.COCCOCCOCCOCC(=O)O[C@H](C)C(C)(C)C. The van der Waals surface area contributed by atoms with Crippen LogP contribution >= 0.6 is 0 Å². The first-order valence-corrected chi connectivity index (χ1v) is 18.2. The van der Waals surface area contributed by atoms with E-state index in [0.717, 1.165) is 0 Å². The van der Waals surface area contributed by atoms with E-state index in [1.807, 2.05) is 90.0 Å². The second-order valence-electron chi connectivity index (χ2n) is 15.1. The first kappa shape index (κ1) is 54.4. The van der Waals surface area contributed by atoms with Crippen LogP contribution in [0.5, 0.6) is 0 Å². The number of carbonyl (C=O) groups excluding carboxylic acids is 3. The molecule has 0 aliphatic carbocycles. The fourth-order valence-electron chi connectivity index (χ4n) is 2.68. The van der Waals surface area contributed by atoms with Crippen molar-refractivity contribution in [3.8, 4) is 0 Å². The summed E-state index contributed by atoms with van der Waals surface area (Å²) in [7, 11) is 3.22.